The third kappa shape index (κ3) is 4.74. The van der Waals surface area contributed by atoms with Crippen LogP contribution in [0.1, 0.15) is 43.2 Å². The zero-order valence-electron chi connectivity index (χ0n) is 25.6. The lowest BCUT2D eigenvalue weighted by Crippen LogP contribution is -2.64. The molecule has 8 rings (SSSR count). The Morgan fingerprint density at radius 2 is 1.94 bits per heavy atom. The minimum Gasteiger partial charge on any atom is -0.465 e. The van der Waals surface area contributed by atoms with Crippen molar-refractivity contribution in [3.05, 3.63) is 28.8 Å². The maximum atomic E-state index is 16.8. The number of pyridine rings is 1. The lowest BCUT2D eigenvalue weighted by molar-refractivity contribution is -0.137. The number of halogens is 8. The summed E-state index contributed by atoms with van der Waals surface area (Å²) in [6.45, 7) is 1.89. The number of aromatic nitrogens is 3. The minimum atomic E-state index is -5.18. The van der Waals surface area contributed by atoms with Crippen LogP contribution in [0.15, 0.2) is 6.07 Å². The molecular weight excluding hydrogens is 654 g/mol. The summed E-state index contributed by atoms with van der Waals surface area (Å²) in [6, 6.07) is -1.37. The summed E-state index contributed by atoms with van der Waals surface area (Å²) in [7, 11) is 0. The van der Waals surface area contributed by atoms with Gasteiger partial charge in [0.05, 0.1) is 22.8 Å². The number of piperazine rings is 1. The van der Waals surface area contributed by atoms with E-state index in [1.54, 1.807) is 4.90 Å². The molecule has 6 atom stereocenters. The number of nitrogens with two attached hydrogens (primary N) is 1. The highest BCUT2D eigenvalue weighted by Gasteiger charge is 2.52. The van der Waals surface area contributed by atoms with Crippen LogP contribution in [0.5, 0.6) is 11.9 Å². The molecule has 258 valence electrons. The molecule has 1 aromatic carbocycles. The molecular formula is C31H31F8N7O2. The number of nitrogens with one attached hydrogen (secondary N) is 1. The third-order valence-corrected chi connectivity index (χ3v) is 10.6. The molecule has 7 heterocycles. The Morgan fingerprint density at radius 1 is 1.15 bits per heavy atom. The van der Waals surface area contributed by atoms with Crippen molar-refractivity contribution in [2.24, 2.45) is 0 Å². The maximum Gasteiger partial charge on any atom is 0.417 e. The van der Waals surface area contributed by atoms with Crippen LogP contribution in [-0.2, 0) is 6.18 Å². The summed E-state index contributed by atoms with van der Waals surface area (Å²) >= 11 is 0. The number of hydrogen-bond acceptors (Lipinski definition) is 9. The smallest absolute Gasteiger partial charge is 0.417 e. The molecule has 0 unspecified atom stereocenters. The molecule has 9 nitrogen and oxygen atoms in total. The Kier molecular flexibility index (Phi) is 7.15. The first-order valence-electron chi connectivity index (χ1n) is 15.8. The fourth-order valence-corrected chi connectivity index (χ4v) is 8.53. The van der Waals surface area contributed by atoms with Gasteiger partial charge in [-0.15, -0.1) is 0 Å². The standard InChI is InChI=1S/C31H31F8N7O2/c1-12-19(31(37,38)39)15(7-16(40)20(12)33)22-21(34)23-18-27(44-29(43-23)47-11-30-5-2-6-45(30)9-13(32)8-30)46-10-14-3-4-17(41-14)24(46)25(26(35)36)48-28(18)42-22/h7,13-14,17,24-26,41H,2-6,8-11,40H2,1H3/t13-,14-,17+,24+,25+,30+/m1/s1. The molecule has 5 aliphatic heterocycles. The Labute approximate surface area is 268 Å². The molecule has 4 saturated heterocycles. The van der Waals surface area contributed by atoms with Gasteiger partial charge < -0.3 is 25.4 Å². The number of nitrogens with zero attached hydrogens (tertiary/aromatic N) is 5. The highest BCUT2D eigenvalue weighted by atomic mass is 19.4. The summed E-state index contributed by atoms with van der Waals surface area (Å²) in [5, 5.41) is 3.10. The van der Waals surface area contributed by atoms with E-state index >= 15 is 4.39 Å². The van der Waals surface area contributed by atoms with Crippen LogP contribution in [0.2, 0.25) is 0 Å². The monoisotopic (exact) mass is 685 g/mol. The van der Waals surface area contributed by atoms with Gasteiger partial charge in [-0.1, -0.05) is 0 Å². The topological polar surface area (TPSA) is 102 Å². The highest BCUT2D eigenvalue weighted by Crippen LogP contribution is 2.48. The molecule has 48 heavy (non-hydrogen) atoms. The van der Waals surface area contributed by atoms with Gasteiger partial charge in [-0.3, -0.25) is 4.90 Å². The Hall–Kier alpha value is -3.73. The maximum absolute atomic E-state index is 16.8. The SMILES string of the molecule is Cc1c(F)c(N)cc(-c2nc3c4c(nc(OC[C@@]56CCCN5C[C@H](F)C6)nc4c2F)N2C[C@H]4CC[C@H](N4)[C@H]2[C@@H](C(F)F)O3)c1C(F)(F)F. The van der Waals surface area contributed by atoms with E-state index in [0.29, 0.717) is 31.9 Å². The third-order valence-electron chi connectivity index (χ3n) is 10.6. The first kappa shape index (κ1) is 31.5. The first-order chi connectivity index (χ1) is 22.8. The molecule has 0 spiro atoms. The van der Waals surface area contributed by atoms with Gasteiger partial charge in [0.2, 0.25) is 5.88 Å². The van der Waals surface area contributed by atoms with Crippen LogP contribution < -0.4 is 25.4 Å². The molecule has 2 aromatic heterocycles. The molecule has 5 aliphatic rings. The Bertz CT molecular complexity index is 1810. The van der Waals surface area contributed by atoms with E-state index in [2.05, 4.69) is 20.3 Å². The number of rotatable bonds is 5. The molecule has 0 radical (unpaired) electrons. The summed E-state index contributed by atoms with van der Waals surface area (Å²) < 4.78 is 131. The summed E-state index contributed by atoms with van der Waals surface area (Å²) in [5.74, 6) is -3.33. The van der Waals surface area contributed by atoms with Gasteiger partial charge in [-0.2, -0.15) is 23.1 Å². The van der Waals surface area contributed by atoms with Crippen molar-refractivity contribution in [3.63, 3.8) is 0 Å². The number of ether oxygens (including phenoxy) is 2. The average molecular weight is 686 g/mol. The van der Waals surface area contributed by atoms with Crippen molar-refractivity contribution in [2.75, 3.05) is 36.9 Å². The van der Waals surface area contributed by atoms with Gasteiger partial charge in [0.15, 0.2) is 11.9 Å². The van der Waals surface area contributed by atoms with Crippen molar-refractivity contribution in [3.8, 4) is 23.1 Å². The average Bonchev–Trinajstić information content (AvgIpc) is 3.66. The largest absolute Gasteiger partial charge is 0.465 e. The second-order valence-electron chi connectivity index (χ2n) is 13.4. The molecule has 0 amide bonds. The molecule has 17 heteroatoms. The van der Waals surface area contributed by atoms with Crippen LogP contribution in [0.4, 0.5) is 46.6 Å². The molecule has 3 N–H and O–H groups in total. The molecule has 4 fully saturated rings. The summed E-state index contributed by atoms with van der Waals surface area (Å²) in [5.41, 5.74) is -0.568. The molecule has 2 bridgehead atoms. The number of hydrogen-bond donors (Lipinski definition) is 2. The predicted octanol–water partition coefficient (Wildman–Crippen LogP) is 5.17. The minimum absolute atomic E-state index is 0.0177. The summed E-state index contributed by atoms with van der Waals surface area (Å²) in [6.07, 6.45) is -8.32. The van der Waals surface area contributed by atoms with E-state index in [4.69, 9.17) is 15.2 Å². The fraction of sp³-hybridized carbons (Fsp3) is 0.581. The Morgan fingerprint density at radius 3 is 2.69 bits per heavy atom. The first-order valence-corrected chi connectivity index (χ1v) is 15.8. The van der Waals surface area contributed by atoms with Gasteiger partial charge in [0.25, 0.3) is 6.43 Å². The van der Waals surface area contributed by atoms with E-state index in [1.165, 1.54) is 0 Å². The van der Waals surface area contributed by atoms with Crippen molar-refractivity contribution < 1.29 is 44.6 Å². The van der Waals surface area contributed by atoms with Gasteiger partial charge in [-0.05, 0) is 50.8 Å². The second kappa shape index (κ2) is 10.9. The normalized spacial score (nSPS) is 29.7. The number of fused-ring (bicyclic) bond motifs is 6. The lowest BCUT2D eigenvalue weighted by atomic mass is 9.95. The molecule has 0 aliphatic carbocycles. The van der Waals surface area contributed by atoms with Crippen molar-refractivity contribution in [1.29, 1.82) is 0 Å². The Balaban J connectivity index is 1.35. The number of anilines is 2. The highest BCUT2D eigenvalue weighted by molar-refractivity contribution is 5.97. The number of nitrogen functional groups attached to an aromatic ring is 1. The van der Waals surface area contributed by atoms with E-state index < -0.39 is 93.6 Å². The van der Waals surface area contributed by atoms with E-state index in [1.807, 2.05) is 4.90 Å². The summed E-state index contributed by atoms with van der Waals surface area (Å²) in [4.78, 5) is 16.5. The van der Waals surface area contributed by atoms with Gasteiger partial charge in [0.1, 0.15) is 41.0 Å². The van der Waals surface area contributed by atoms with Gasteiger partial charge in [0, 0.05) is 37.2 Å². The quantitative estimate of drug-likeness (QED) is 0.279. The van der Waals surface area contributed by atoms with E-state index in [-0.39, 0.29) is 49.4 Å². The number of alkyl halides is 6. The molecule has 3 aromatic rings. The van der Waals surface area contributed by atoms with Gasteiger partial charge >= 0.3 is 12.2 Å². The fourth-order valence-electron chi connectivity index (χ4n) is 8.53. The predicted molar refractivity (Wildman–Crippen MR) is 157 cm³/mol. The zero-order valence-corrected chi connectivity index (χ0v) is 25.6. The van der Waals surface area contributed by atoms with Crippen LogP contribution in [-0.4, -0.2) is 88.5 Å². The van der Waals surface area contributed by atoms with Crippen molar-refractivity contribution in [2.45, 2.75) is 87.6 Å². The molecule has 0 saturated carbocycles. The van der Waals surface area contributed by atoms with Crippen molar-refractivity contribution >= 4 is 22.4 Å². The zero-order chi connectivity index (χ0) is 33.9. The second-order valence-corrected chi connectivity index (χ2v) is 13.4. The van der Waals surface area contributed by atoms with Gasteiger partial charge in [-0.25, -0.2) is 26.9 Å². The van der Waals surface area contributed by atoms with E-state index in [0.717, 1.165) is 13.3 Å². The van der Waals surface area contributed by atoms with Crippen LogP contribution in [0.25, 0.3) is 22.2 Å². The van der Waals surface area contributed by atoms with Crippen LogP contribution >= 0.6 is 0 Å². The van der Waals surface area contributed by atoms with Crippen LogP contribution in [0.3, 0.4) is 0 Å². The van der Waals surface area contributed by atoms with Crippen LogP contribution in [0, 0.1) is 18.6 Å². The van der Waals surface area contributed by atoms with E-state index in [9.17, 15) is 30.7 Å². The lowest BCUT2D eigenvalue weighted by Gasteiger charge is -2.43. The number of benzene rings is 1. The van der Waals surface area contributed by atoms with Crippen molar-refractivity contribution in [1.82, 2.24) is 25.2 Å².